The molecule has 0 aromatic carbocycles. The Morgan fingerprint density at radius 3 is 2.47 bits per heavy atom. The molecule has 2 aliphatic rings. The third kappa shape index (κ3) is 2.94. The summed E-state index contributed by atoms with van der Waals surface area (Å²) in [7, 11) is 7.45. The van der Waals surface area contributed by atoms with Gasteiger partial charge in [-0.2, -0.15) is 0 Å². The van der Waals surface area contributed by atoms with E-state index in [4.69, 9.17) is 0 Å². The van der Waals surface area contributed by atoms with Gasteiger partial charge in [-0.1, -0.05) is 35.0 Å². The molecule has 0 aliphatic heterocycles. The highest BCUT2D eigenvalue weighted by Crippen LogP contribution is 2.73. The van der Waals surface area contributed by atoms with E-state index in [9.17, 15) is 0 Å². The van der Waals surface area contributed by atoms with Crippen LogP contribution in [-0.4, -0.2) is 5.66 Å². The first-order valence-corrected chi connectivity index (χ1v) is 12.9. The third-order valence-electron chi connectivity index (χ3n) is 4.55. The average Bonchev–Trinajstić information content (AvgIpc) is 2.65. The fourth-order valence-electron chi connectivity index (χ4n) is 3.75. The lowest BCUT2D eigenvalue weighted by Gasteiger charge is -2.43. The molecule has 0 aromatic heterocycles. The fourth-order valence-corrected chi connectivity index (χ4v) is 9.78. The lowest BCUT2D eigenvalue weighted by atomic mass is 9.69. The van der Waals surface area contributed by atoms with Crippen LogP contribution in [0, 0.1) is 11.3 Å². The normalized spacial score (nSPS) is 37.8. The molecule has 0 saturated heterocycles. The van der Waals surface area contributed by atoms with Crippen LogP contribution in [-0.2, 0) is 0 Å². The van der Waals surface area contributed by atoms with Crippen molar-refractivity contribution in [3.05, 3.63) is 0 Å². The van der Waals surface area contributed by atoms with E-state index in [0.717, 1.165) is 24.9 Å². The molecule has 2 fully saturated rings. The van der Waals surface area contributed by atoms with Gasteiger partial charge in [0.15, 0.2) is 0 Å². The first kappa shape index (κ1) is 13.2. The van der Waals surface area contributed by atoms with Gasteiger partial charge in [-0.05, 0) is 49.1 Å². The molecule has 2 rings (SSSR count). The molecule has 0 nitrogen and oxygen atoms in total. The van der Waals surface area contributed by atoms with E-state index in [0.29, 0.717) is 0 Å². The van der Waals surface area contributed by atoms with Gasteiger partial charge in [0.1, 0.15) is 0 Å². The van der Waals surface area contributed by atoms with Crippen LogP contribution in [0.2, 0.25) is 0 Å². The Morgan fingerprint density at radius 1 is 1.27 bits per heavy atom. The average molecular weight is 280 g/mol. The van der Waals surface area contributed by atoms with E-state index < -0.39 is 0 Å². The summed E-state index contributed by atoms with van der Waals surface area (Å²) in [6, 6.07) is 0. The van der Waals surface area contributed by atoms with Gasteiger partial charge >= 0.3 is 0 Å². The Labute approximate surface area is 102 Å². The van der Waals surface area contributed by atoms with Crippen molar-refractivity contribution in [1.29, 1.82) is 0 Å². The lowest BCUT2D eigenvalue weighted by molar-refractivity contribution is 0.157. The first-order valence-electron chi connectivity index (χ1n) is 6.17. The second-order valence-corrected chi connectivity index (χ2v) is 15.1. The Balaban J connectivity index is 1.96. The highest BCUT2D eigenvalue weighted by Gasteiger charge is 2.41. The smallest absolute Gasteiger partial charge is 0.0110 e. The van der Waals surface area contributed by atoms with Crippen molar-refractivity contribution < 1.29 is 0 Å². The summed E-state index contributed by atoms with van der Waals surface area (Å²) in [5, 5.41) is 0. The fraction of sp³-hybridized carbons (Fsp3) is 1.00. The largest absolute Gasteiger partial charge is 0.110 e. The predicted octanol–water partition coefficient (Wildman–Crippen LogP) is 5.39. The molecule has 0 amide bonds. The van der Waals surface area contributed by atoms with Crippen molar-refractivity contribution in [2.24, 2.45) is 11.3 Å². The summed E-state index contributed by atoms with van der Waals surface area (Å²) >= 11 is 0. The molecule has 6 atom stereocenters. The van der Waals surface area contributed by atoms with Crippen LogP contribution in [0.1, 0.15) is 51.9 Å². The summed E-state index contributed by atoms with van der Waals surface area (Å²) in [6.45, 7) is 2.52. The van der Waals surface area contributed by atoms with E-state index in [1.54, 1.807) is 25.7 Å². The van der Waals surface area contributed by atoms with Crippen molar-refractivity contribution in [2.45, 2.75) is 57.5 Å². The molecular weight excluding hydrogens is 256 g/mol. The van der Waals surface area contributed by atoms with Crippen LogP contribution >= 0.6 is 33.1 Å². The third-order valence-corrected chi connectivity index (χ3v) is 16.1. The SMILES string of the molecule is CC1CC2(CCCC2)CCC1P(P)PP. The van der Waals surface area contributed by atoms with E-state index >= 15 is 0 Å². The molecule has 88 valence electrons. The van der Waals surface area contributed by atoms with E-state index in [2.05, 4.69) is 24.8 Å². The molecule has 6 unspecified atom stereocenters. The highest BCUT2D eigenvalue weighted by molar-refractivity contribution is 8.61. The first-order chi connectivity index (χ1) is 7.17. The van der Waals surface area contributed by atoms with E-state index in [-0.39, 0.29) is 7.30 Å². The molecular formula is C11H24P4. The second kappa shape index (κ2) is 5.57. The maximum Gasteiger partial charge on any atom is -0.0110 e. The van der Waals surface area contributed by atoms with Crippen molar-refractivity contribution in [2.75, 3.05) is 0 Å². The van der Waals surface area contributed by atoms with Gasteiger partial charge in [-0.3, -0.25) is 0 Å². The number of hydrogen-bond donors (Lipinski definition) is 0. The number of rotatable bonds is 2. The molecule has 0 N–H and O–H groups in total. The second-order valence-electron chi connectivity index (χ2n) is 5.53. The zero-order chi connectivity index (χ0) is 10.9. The minimum atomic E-state index is 0.240. The Bertz CT molecular complexity index is 213. The lowest BCUT2D eigenvalue weighted by Crippen LogP contribution is -2.31. The molecule has 2 saturated carbocycles. The van der Waals surface area contributed by atoms with Gasteiger partial charge in [0.25, 0.3) is 0 Å². The highest BCUT2D eigenvalue weighted by atomic mass is 32.6. The van der Waals surface area contributed by atoms with Gasteiger partial charge in [0.2, 0.25) is 0 Å². The Kier molecular flexibility index (Phi) is 4.89. The standard InChI is InChI=1S/C11H24P4/c1-9-8-11(5-2-3-6-11)7-4-10(9)15(13)14-12/h9-10,14H,2-8,12-13H2,1H3. The maximum absolute atomic E-state index is 3.15. The van der Waals surface area contributed by atoms with Crippen LogP contribution in [0.25, 0.3) is 0 Å². The molecule has 1 spiro atoms. The van der Waals surface area contributed by atoms with Crippen LogP contribution < -0.4 is 0 Å². The van der Waals surface area contributed by atoms with Crippen molar-refractivity contribution >= 4 is 33.1 Å². The molecule has 0 bridgehead atoms. The van der Waals surface area contributed by atoms with Gasteiger partial charge < -0.3 is 0 Å². The van der Waals surface area contributed by atoms with Crippen LogP contribution in [0.3, 0.4) is 0 Å². The molecule has 0 heterocycles. The summed E-state index contributed by atoms with van der Waals surface area (Å²) in [6.07, 6.45) is 10.7. The summed E-state index contributed by atoms with van der Waals surface area (Å²) in [5.41, 5.74) is 1.85. The summed E-state index contributed by atoms with van der Waals surface area (Å²) < 4.78 is 0. The van der Waals surface area contributed by atoms with E-state index in [1.165, 1.54) is 19.3 Å². The zero-order valence-corrected chi connectivity index (χ0v) is 13.9. The molecule has 2 aliphatic carbocycles. The maximum atomic E-state index is 3.15. The van der Waals surface area contributed by atoms with E-state index in [1.807, 2.05) is 0 Å². The molecule has 15 heavy (non-hydrogen) atoms. The molecule has 0 radical (unpaired) electrons. The minimum absolute atomic E-state index is 0.240. The van der Waals surface area contributed by atoms with Gasteiger partial charge in [0, 0.05) is 0 Å². The van der Waals surface area contributed by atoms with Crippen LogP contribution in [0.5, 0.6) is 0 Å². The van der Waals surface area contributed by atoms with Crippen molar-refractivity contribution in [1.82, 2.24) is 0 Å². The van der Waals surface area contributed by atoms with Gasteiger partial charge in [-0.15, -0.1) is 17.9 Å². The topological polar surface area (TPSA) is 0 Å². The summed E-state index contributed by atoms with van der Waals surface area (Å²) in [5.74, 6) is 0.994. The summed E-state index contributed by atoms with van der Waals surface area (Å²) in [4.78, 5) is 0. The molecule has 0 aromatic rings. The monoisotopic (exact) mass is 280 g/mol. The van der Waals surface area contributed by atoms with Crippen LogP contribution in [0.4, 0.5) is 0 Å². The zero-order valence-electron chi connectivity index (χ0n) is 9.71. The van der Waals surface area contributed by atoms with Crippen molar-refractivity contribution in [3.63, 3.8) is 0 Å². The molecule has 4 heteroatoms. The number of hydrogen-bond acceptors (Lipinski definition) is 0. The van der Waals surface area contributed by atoms with Crippen LogP contribution in [0.15, 0.2) is 0 Å². The Hall–Kier alpha value is 1.72. The van der Waals surface area contributed by atoms with Gasteiger partial charge in [-0.25, -0.2) is 0 Å². The van der Waals surface area contributed by atoms with Crippen molar-refractivity contribution in [3.8, 4) is 0 Å². The minimum Gasteiger partial charge on any atom is -0.110 e. The Morgan fingerprint density at radius 2 is 1.93 bits per heavy atom. The quantitative estimate of drug-likeness (QED) is 0.595. The van der Waals surface area contributed by atoms with Gasteiger partial charge in [0.05, 0.1) is 0 Å². The predicted molar refractivity (Wildman–Crippen MR) is 82.4 cm³/mol.